The first-order chi connectivity index (χ1) is 8.44. The molecule has 0 atom stereocenters. The first kappa shape index (κ1) is 14.5. The summed E-state index contributed by atoms with van der Waals surface area (Å²) in [7, 11) is -3.04. The number of nitrogen functional groups attached to an aromatic ring is 1. The molecule has 0 radical (unpaired) electrons. The van der Waals surface area contributed by atoms with Gasteiger partial charge in [0, 0.05) is 18.0 Å². The van der Waals surface area contributed by atoms with Crippen LogP contribution in [0.2, 0.25) is 0 Å². The minimum Gasteiger partial charge on any atom is -0.398 e. The number of nitrogens with two attached hydrogens (primary N) is 1. The van der Waals surface area contributed by atoms with Crippen molar-refractivity contribution in [1.29, 1.82) is 0 Å². The van der Waals surface area contributed by atoms with Crippen LogP contribution in [-0.4, -0.2) is 32.4 Å². The average molecular weight is 270 g/mol. The highest BCUT2D eigenvalue weighted by atomic mass is 32.2. The molecule has 0 fully saturated rings. The summed E-state index contributed by atoms with van der Waals surface area (Å²) in [6, 6.07) is 7.10. The Balaban J connectivity index is 2.42. The van der Waals surface area contributed by atoms with Crippen molar-refractivity contribution in [3.63, 3.8) is 0 Å². The Morgan fingerprint density at radius 2 is 2.00 bits per heavy atom. The maximum Gasteiger partial charge on any atom is 0.224 e. The molecule has 1 rings (SSSR count). The molecule has 0 aliphatic heterocycles. The Kier molecular flexibility index (Phi) is 5.15. The van der Waals surface area contributed by atoms with Crippen molar-refractivity contribution < 1.29 is 13.2 Å². The molecule has 0 saturated carbocycles. The van der Waals surface area contributed by atoms with Gasteiger partial charge in [-0.1, -0.05) is 25.1 Å². The smallest absolute Gasteiger partial charge is 0.224 e. The number of hydrogen-bond acceptors (Lipinski definition) is 4. The van der Waals surface area contributed by atoms with Crippen molar-refractivity contribution in [3.05, 3.63) is 29.8 Å². The Morgan fingerprint density at radius 1 is 1.33 bits per heavy atom. The number of carbonyl (C=O) groups is 1. The predicted octanol–water partition coefficient (Wildman–Crippen LogP) is 0.362. The fourth-order valence-electron chi connectivity index (χ4n) is 1.42. The number of anilines is 1. The number of sulfone groups is 1. The van der Waals surface area contributed by atoms with Gasteiger partial charge in [0.05, 0.1) is 12.2 Å². The highest BCUT2D eigenvalue weighted by molar-refractivity contribution is 7.91. The van der Waals surface area contributed by atoms with Gasteiger partial charge in [0.1, 0.15) is 0 Å². The molecule has 18 heavy (non-hydrogen) atoms. The zero-order valence-corrected chi connectivity index (χ0v) is 11.2. The molecule has 0 spiro atoms. The van der Waals surface area contributed by atoms with Gasteiger partial charge in [0.15, 0.2) is 9.84 Å². The summed E-state index contributed by atoms with van der Waals surface area (Å²) >= 11 is 0. The topological polar surface area (TPSA) is 89.3 Å². The Bertz CT molecular complexity index is 512. The van der Waals surface area contributed by atoms with E-state index >= 15 is 0 Å². The molecule has 6 heteroatoms. The number of para-hydroxylation sites is 1. The van der Waals surface area contributed by atoms with Gasteiger partial charge >= 0.3 is 0 Å². The molecule has 0 aliphatic rings. The summed E-state index contributed by atoms with van der Waals surface area (Å²) < 4.78 is 22.4. The van der Waals surface area contributed by atoms with Crippen LogP contribution in [0.3, 0.4) is 0 Å². The lowest BCUT2D eigenvalue weighted by Crippen LogP contribution is -2.30. The van der Waals surface area contributed by atoms with Crippen LogP contribution in [0.15, 0.2) is 24.3 Å². The van der Waals surface area contributed by atoms with Gasteiger partial charge < -0.3 is 11.1 Å². The van der Waals surface area contributed by atoms with Crippen molar-refractivity contribution >= 4 is 21.4 Å². The number of carbonyl (C=O) groups excluding carboxylic acids is 1. The molecule has 100 valence electrons. The van der Waals surface area contributed by atoms with Crippen LogP contribution in [-0.2, 0) is 21.1 Å². The molecule has 5 nitrogen and oxygen atoms in total. The van der Waals surface area contributed by atoms with E-state index in [2.05, 4.69) is 5.32 Å². The van der Waals surface area contributed by atoms with Crippen LogP contribution >= 0.6 is 0 Å². The van der Waals surface area contributed by atoms with E-state index in [9.17, 15) is 13.2 Å². The summed E-state index contributed by atoms with van der Waals surface area (Å²) in [5, 5.41) is 2.58. The van der Waals surface area contributed by atoms with Crippen LogP contribution in [0.4, 0.5) is 5.69 Å². The quantitative estimate of drug-likeness (QED) is 0.730. The molecule has 1 aromatic carbocycles. The largest absolute Gasteiger partial charge is 0.398 e. The maximum atomic E-state index is 11.6. The maximum absolute atomic E-state index is 11.6. The van der Waals surface area contributed by atoms with E-state index in [1.54, 1.807) is 31.2 Å². The van der Waals surface area contributed by atoms with Crippen LogP contribution in [0.1, 0.15) is 12.5 Å². The molecule has 1 aromatic rings. The van der Waals surface area contributed by atoms with Crippen molar-refractivity contribution in [3.8, 4) is 0 Å². The molecule has 0 saturated heterocycles. The highest BCUT2D eigenvalue weighted by Crippen LogP contribution is 2.10. The second kappa shape index (κ2) is 6.39. The number of amides is 1. The number of hydrogen-bond donors (Lipinski definition) is 2. The van der Waals surface area contributed by atoms with Gasteiger partial charge in [0.25, 0.3) is 0 Å². The molecular formula is C12H18N2O3S. The highest BCUT2D eigenvalue weighted by Gasteiger charge is 2.09. The van der Waals surface area contributed by atoms with Gasteiger partial charge in [-0.15, -0.1) is 0 Å². The van der Waals surface area contributed by atoms with Crippen LogP contribution in [0.5, 0.6) is 0 Å². The summed E-state index contributed by atoms with van der Waals surface area (Å²) in [5.74, 6) is -0.159. The number of rotatable bonds is 6. The number of benzene rings is 1. The lowest BCUT2D eigenvalue weighted by atomic mass is 10.1. The third-order valence-corrected chi connectivity index (χ3v) is 4.29. The van der Waals surface area contributed by atoms with E-state index in [1.165, 1.54) is 0 Å². The second-order valence-corrected chi connectivity index (χ2v) is 6.43. The zero-order valence-electron chi connectivity index (χ0n) is 10.3. The molecule has 0 aromatic heterocycles. The van der Waals surface area contributed by atoms with Crippen molar-refractivity contribution in [2.75, 3.05) is 23.8 Å². The number of nitrogens with one attached hydrogen (secondary N) is 1. The molecule has 0 aliphatic carbocycles. The third-order valence-electron chi connectivity index (χ3n) is 2.58. The van der Waals surface area contributed by atoms with E-state index < -0.39 is 9.84 Å². The third kappa shape index (κ3) is 4.75. The van der Waals surface area contributed by atoms with Crippen molar-refractivity contribution in [2.24, 2.45) is 0 Å². The molecule has 3 N–H and O–H groups in total. The van der Waals surface area contributed by atoms with Crippen molar-refractivity contribution in [1.82, 2.24) is 5.32 Å². The summed E-state index contributed by atoms with van der Waals surface area (Å²) in [4.78, 5) is 11.6. The predicted molar refractivity (Wildman–Crippen MR) is 71.9 cm³/mol. The summed E-state index contributed by atoms with van der Waals surface area (Å²) in [5.41, 5.74) is 7.02. The average Bonchev–Trinajstić information content (AvgIpc) is 2.32. The van der Waals surface area contributed by atoms with Crippen LogP contribution in [0, 0.1) is 0 Å². The van der Waals surface area contributed by atoms with Crippen molar-refractivity contribution in [2.45, 2.75) is 13.3 Å². The lowest BCUT2D eigenvalue weighted by Gasteiger charge is -2.07. The first-order valence-corrected chi connectivity index (χ1v) is 7.57. The Labute approximate surface area is 107 Å². The fraction of sp³-hybridized carbons (Fsp3) is 0.417. The van der Waals surface area contributed by atoms with E-state index in [-0.39, 0.29) is 30.4 Å². The fourth-order valence-corrected chi connectivity index (χ4v) is 2.12. The SMILES string of the molecule is CCS(=O)(=O)CCNC(=O)Cc1ccccc1N. The van der Waals surface area contributed by atoms with Gasteiger partial charge in [0.2, 0.25) is 5.91 Å². The normalized spacial score (nSPS) is 11.2. The summed E-state index contributed by atoms with van der Waals surface area (Å²) in [6.45, 7) is 1.73. The molecule has 1 amide bonds. The lowest BCUT2D eigenvalue weighted by molar-refractivity contribution is -0.120. The standard InChI is InChI=1S/C12H18N2O3S/c1-2-18(16,17)8-7-14-12(15)9-10-5-3-4-6-11(10)13/h3-6H,2,7-9,13H2,1H3,(H,14,15). The van der Waals surface area contributed by atoms with E-state index in [0.29, 0.717) is 5.69 Å². The van der Waals surface area contributed by atoms with E-state index in [1.807, 2.05) is 0 Å². The molecular weight excluding hydrogens is 252 g/mol. The van der Waals surface area contributed by atoms with Crippen LogP contribution in [0.25, 0.3) is 0 Å². The first-order valence-electron chi connectivity index (χ1n) is 5.75. The minimum atomic E-state index is -3.04. The monoisotopic (exact) mass is 270 g/mol. The van der Waals surface area contributed by atoms with Gasteiger partial charge in [-0.3, -0.25) is 4.79 Å². The minimum absolute atomic E-state index is 0.0283. The summed E-state index contributed by atoms with van der Waals surface area (Å²) in [6.07, 6.45) is 0.166. The van der Waals surface area contributed by atoms with E-state index in [4.69, 9.17) is 5.73 Å². The molecule has 0 heterocycles. The molecule has 0 unspecified atom stereocenters. The molecule has 0 bridgehead atoms. The van der Waals surface area contributed by atoms with E-state index in [0.717, 1.165) is 5.56 Å². The van der Waals surface area contributed by atoms with Gasteiger partial charge in [-0.05, 0) is 11.6 Å². The zero-order chi connectivity index (χ0) is 13.6. The van der Waals surface area contributed by atoms with Crippen LogP contribution < -0.4 is 11.1 Å². The Morgan fingerprint density at radius 3 is 2.61 bits per heavy atom. The van der Waals surface area contributed by atoms with Gasteiger partial charge in [-0.25, -0.2) is 8.42 Å². The second-order valence-electron chi connectivity index (χ2n) is 3.96. The Hall–Kier alpha value is -1.56. The van der Waals surface area contributed by atoms with Gasteiger partial charge in [-0.2, -0.15) is 0 Å².